The molecular formula is C15H16N2O6S. The number of H-pyrrole nitrogens is 1. The predicted molar refractivity (Wildman–Crippen MR) is 86.2 cm³/mol. The second-order valence-electron chi connectivity index (χ2n) is 4.94. The zero-order valence-electron chi connectivity index (χ0n) is 12.8. The number of rotatable bonds is 8. The fraction of sp³-hybridized carbons (Fsp3) is 0.333. The number of ether oxygens (including phenoxy) is 1. The van der Waals surface area contributed by atoms with Crippen LogP contribution in [0.1, 0.15) is 23.7 Å². The average molecular weight is 352 g/mol. The molecule has 0 bridgehead atoms. The standard InChI is InChI=1S/C15H16N2O6S/c1-2-23-14(22)8-3-4-10-11(5-8)17-15(16-10)24-7-9(13(20)21)6-12(18)19/h3-5,9H,2,6-7H2,1H3,(H,16,17)(H,18,19)(H,20,21). The fourth-order valence-corrected chi connectivity index (χ4v) is 2.97. The van der Waals surface area contributed by atoms with Crippen molar-refractivity contribution in [2.75, 3.05) is 12.4 Å². The third kappa shape index (κ3) is 4.48. The molecule has 0 saturated heterocycles. The fourth-order valence-electron chi connectivity index (χ4n) is 2.00. The van der Waals surface area contributed by atoms with Crippen molar-refractivity contribution in [2.45, 2.75) is 18.5 Å². The lowest BCUT2D eigenvalue weighted by Crippen LogP contribution is -2.20. The van der Waals surface area contributed by atoms with Crippen molar-refractivity contribution in [3.05, 3.63) is 23.8 Å². The van der Waals surface area contributed by atoms with E-state index in [0.29, 0.717) is 21.8 Å². The van der Waals surface area contributed by atoms with E-state index in [-0.39, 0.29) is 12.4 Å². The number of carbonyl (C=O) groups excluding carboxylic acids is 1. The van der Waals surface area contributed by atoms with Crippen LogP contribution in [-0.4, -0.2) is 50.4 Å². The van der Waals surface area contributed by atoms with E-state index in [0.717, 1.165) is 11.8 Å². The Morgan fingerprint density at radius 1 is 1.33 bits per heavy atom. The molecule has 1 aromatic heterocycles. The maximum absolute atomic E-state index is 11.7. The van der Waals surface area contributed by atoms with Crippen LogP contribution < -0.4 is 0 Å². The van der Waals surface area contributed by atoms with Crippen molar-refractivity contribution in [2.24, 2.45) is 5.92 Å². The van der Waals surface area contributed by atoms with Crippen LogP contribution in [0.4, 0.5) is 0 Å². The van der Waals surface area contributed by atoms with Crippen molar-refractivity contribution in [1.82, 2.24) is 9.97 Å². The SMILES string of the molecule is CCOC(=O)c1ccc2nc(SCC(CC(=O)O)C(=O)O)[nH]c2c1. The Hall–Kier alpha value is -2.55. The lowest BCUT2D eigenvalue weighted by molar-refractivity contribution is -0.147. The van der Waals surface area contributed by atoms with Gasteiger partial charge in [-0.25, -0.2) is 9.78 Å². The van der Waals surface area contributed by atoms with E-state index >= 15 is 0 Å². The molecule has 1 atom stereocenters. The van der Waals surface area contributed by atoms with Gasteiger partial charge in [0.1, 0.15) is 0 Å². The molecule has 2 rings (SSSR count). The Bertz CT molecular complexity index is 772. The van der Waals surface area contributed by atoms with E-state index in [2.05, 4.69) is 9.97 Å². The zero-order chi connectivity index (χ0) is 17.7. The number of nitrogens with zero attached hydrogens (tertiary/aromatic N) is 1. The number of fused-ring (bicyclic) bond motifs is 1. The summed E-state index contributed by atoms with van der Waals surface area (Å²) >= 11 is 1.12. The highest BCUT2D eigenvalue weighted by molar-refractivity contribution is 7.99. The number of carboxylic acids is 2. The predicted octanol–water partition coefficient (Wildman–Crippen LogP) is 2.01. The summed E-state index contributed by atoms with van der Waals surface area (Å²) in [5.41, 5.74) is 1.63. The molecule has 0 amide bonds. The number of carbonyl (C=O) groups is 3. The third-order valence-corrected chi connectivity index (χ3v) is 4.20. The first-order valence-electron chi connectivity index (χ1n) is 7.15. The number of thioether (sulfide) groups is 1. The average Bonchev–Trinajstić information content (AvgIpc) is 2.92. The van der Waals surface area contributed by atoms with Crippen LogP contribution in [0.3, 0.4) is 0 Å². The van der Waals surface area contributed by atoms with E-state index in [4.69, 9.17) is 14.9 Å². The summed E-state index contributed by atoms with van der Waals surface area (Å²) in [5, 5.41) is 18.2. The van der Waals surface area contributed by atoms with Crippen molar-refractivity contribution in [3.63, 3.8) is 0 Å². The van der Waals surface area contributed by atoms with Gasteiger partial charge in [-0.2, -0.15) is 0 Å². The van der Waals surface area contributed by atoms with Crippen LogP contribution >= 0.6 is 11.8 Å². The van der Waals surface area contributed by atoms with Gasteiger partial charge >= 0.3 is 17.9 Å². The van der Waals surface area contributed by atoms with Gasteiger partial charge in [0, 0.05) is 5.75 Å². The van der Waals surface area contributed by atoms with Gasteiger partial charge < -0.3 is 19.9 Å². The number of aromatic nitrogens is 2. The highest BCUT2D eigenvalue weighted by atomic mass is 32.2. The molecule has 1 aromatic carbocycles. The van der Waals surface area contributed by atoms with Crippen molar-refractivity contribution >= 4 is 40.7 Å². The minimum absolute atomic E-state index is 0.0756. The van der Waals surface area contributed by atoms with Gasteiger partial charge in [0.05, 0.1) is 35.5 Å². The Morgan fingerprint density at radius 2 is 2.08 bits per heavy atom. The highest BCUT2D eigenvalue weighted by Gasteiger charge is 2.22. The molecule has 0 radical (unpaired) electrons. The van der Waals surface area contributed by atoms with Crippen molar-refractivity contribution in [3.8, 4) is 0 Å². The third-order valence-electron chi connectivity index (χ3n) is 3.16. The molecule has 0 aliphatic heterocycles. The molecule has 8 nitrogen and oxygen atoms in total. The van der Waals surface area contributed by atoms with Gasteiger partial charge in [0.25, 0.3) is 0 Å². The first-order valence-corrected chi connectivity index (χ1v) is 8.13. The summed E-state index contributed by atoms with van der Waals surface area (Å²) in [6.45, 7) is 2.00. The highest BCUT2D eigenvalue weighted by Crippen LogP contribution is 2.23. The number of hydrogen-bond donors (Lipinski definition) is 3. The summed E-state index contributed by atoms with van der Waals surface area (Å²) < 4.78 is 4.93. The van der Waals surface area contributed by atoms with Gasteiger partial charge in [-0.05, 0) is 25.1 Å². The van der Waals surface area contributed by atoms with E-state index < -0.39 is 30.2 Å². The number of hydrogen-bond acceptors (Lipinski definition) is 6. The molecule has 2 aromatic rings. The number of carboxylic acid groups (broad SMARTS) is 2. The monoisotopic (exact) mass is 352 g/mol. The second kappa shape index (κ2) is 7.82. The van der Waals surface area contributed by atoms with Gasteiger partial charge in [-0.15, -0.1) is 0 Å². The Balaban J connectivity index is 2.11. The molecule has 0 aliphatic carbocycles. The zero-order valence-corrected chi connectivity index (χ0v) is 13.6. The van der Waals surface area contributed by atoms with Crippen LogP contribution in [0.5, 0.6) is 0 Å². The van der Waals surface area contributed by atoms with Gasteiger partial charge in [-0.1, -0.05) is 11.8 Å². The maximum Gasteiger partial charge on any atom is 0.338 e. The number of aromatic amines is 1. The van der Waals surface area contributed by atoms with Gasteiger partial charge in [0.15, 0.2) is 5.16 Å². The molecule has 1 unspecified atom stereocenters. The van der Waals surface area contributed by atoms with Gasteiger partial charge in [0.2, 0.25) is 0 Å². The number of aliphatic carboxylic acids is 2. The Labute approximate surface area is 141 Å². The number of esters is 1. The van der Waals surface area contributed by atoms with Crippen LogP contribution in [0.25, 0.3) is 11.0 Å². The normalized spacial score (nSPS) is 12.0. The molecule has 0 spiro atoms. The minimum atomic E-state index is -1.16. The molecule has 9 heteroatoms. The maximum atomic E-state index is 11.7. The molecule has 3 N–H and O–H groups in total. The van der Waals surface area contributed by atoms with Crippen LogP contribution in [0.2, 0.25) is 0 Å². The summed E-state index contributed by atoms with van der Waals surface area (Å²) in [7, 11) is 0. The first kappa shape index (κ1) is 17.8. The molecule has 0 aliphatic rings. The topological polar surface area (TPSA) is 130 Å². The first-order chi connectivity index (χ1) is 11.4. The lowest BCUT2D eigenvalue weighted by atomic mass is 10.1. The molecule has 0 saturated carbocycles. The molecule has 1 heterocycles. The largest absolute Gasteiger partial charge is 0.481 e. The molecule has 24 heavy (non-hydrogen) atoms. The summed E-state index contributed by atoms with van der Waals surface area (Å²) in [6, 6.07) is 4.87. The smallest absolute Gasteiger partial charge is 0.338 e. The summed E-state index contributed by atoms with van der Waals surface area (Å²) in [6.07, 6.45) is -0.449. The Morgan fingerprint density at radius 3 is 2.71 bits per heavy atom. The number of imidazole rings is 1. The summed E-state index contributed by atoms with van der Waals surface area (Å²) in [5.74, 6) is -3.68. The van der Waals surface area contributed by atoms with E-state index in [1.54, 1.807) is 25.1 Å². The van der Waals surface area contributed by atoms with Crippen LogP contribution in [0, 0.1) is 5.92 Å². The quantitative estimate of drug-likeness (QED) is 0.486. The number of benzene rings is 1. The minimum Gasteiger partial charge on any atom is -0.481 e. The van der Waals surface area contributed by atoms with Crippen molar-refractivity contribution < 1.29 is 29.3 Å². The van der Waals surface area contributed by atoms with Crippen LogP contribution in [0.15, 0.2) is 23.4 Å². The molecular weight excluding hydrogens is 336 g/mol. The number of nitrogens with one attached hydrogen (secondary N) is 1. The molecule has 0 fully saturated rings. The second-order valence-corrected chi connectivity index (χ2v) is 5.95. The van der Waals surface area contributed by atoms with E-state index in [1.165, 1.54) is 0 Å². The van der Waals surface area contributed by atoms with Crippen molar-refractivity contribution in [1.29, 1.82) is 0 Å². The van der Waals surface area contributed by atoms with E-state index in [9.17, 15) is 14.4 Å². The van der Waals surface area contributed by atoms with Gasteiger partial charge in [-0.3, -0.25) is 9.59 Å². The molecule has 128 valence electrons. The van der Waals surface area contributed by atoms with Crippen LogP contribution in [-0.2, 0) is 14.3 Å². The van der Waals surface area contributed by atoms with E-state index in [1.807, 2.05) is 0 Å². The Kier molecular flexibility index (Phi) is 5.80. The summed E-state index contributed by atoms with van der Waals surface area (Å²) in [4.78, 5) is 40.7. The lowest BCUT2D eigenvalue weighted by Gasteiger charge is -2.07.